The van der Waals surface area contributed by atoms with Crippen LogP contribution in [0.4, 0.5) is 0 Å². The first-order valence-corrected chi connectivity index (χ1v) is 11.3. The van der Waals surface area contributed by atoms with Crippen LogP contribution < -0.4 is 4.72 Å². The Morgan fingerprint density at radius 1 is 1.29 bits per heavy atom. The molecular weight excluding hydrogens is 386 g/mol. The Morgan fingerprint density at radius 3 is 2.75 bits per heavy atom. The number of halogens is 1. The van der Waals surface area contributed by atoms with Crippen LogP contribution in [0.25, 0.3) is 0 Å². The van der Waals surface area contributed by atoms with Gasteiger partial charge in [0.05, 0.1) is 4.90 Å². The molecule has 3 aliphatic carbocycles. The van der Waals surface area contributed by atoms with Crippen LogP contribution in [-0.4, -0.2) is 15.0 Å². The van der Waals surface area contributed by atoms with E-state index in [1.54, 1.807) is 6.07 Å². The minimum atomic E-state index is -3.44. The van der Waals surface area contributed by atoms with E-state index in [4.69, 9.17) is 0 Å². The second kappa shape index (κ2) is 5.31. The van der Waals surface area contributed by atoms with Gasteiger partial charge in [-0.25, -0.2) is 13.1 Å². The predicted molar refractivity (Wildman–Crippen MR) is 99.2 cm³/mol. The van der Waals surface area contributed by atoms with Gasteiger partial charge in [-0.05, 0) is 78.0 Å². The van der Waals surface area contributed by atoms with Gasteiger partial charge in [0, 0.05) is 11.0 Å². The Balaban J connectivity index is 1.50. The molecule has 1 spiro atoms. The highest BCUT2D eigenvalue weighted by atomic mass is 79.9. The second-order valence-electron chi connectivity index (χ2n) is 8.44. The third-order valence-corrected chi connectivity index (χ3v) is 9.20. The van der Waals surface area contributed by atoms with Crippen molar-refractivity contribution in [2.24, 2.45) is 28.6 Å². The Hall–Kier alpha value is -0.390. The van der Waals surface area contributed by atoms with E-state index in [0.29, 0.717) is 40.5 Å². The molecule has 0 aliphatic heterocycles. The Bertz CT molecular complexity index is 789. The Morgan fingerprint density at radius 2 is 2.04 bits per heavy atom. The summed E-state index contributed by atoms with van der Waals surface area (Å²) in [5.74, 6) is 2.12. The molecular formula is C19H26BrNO2S. The van der Waals surface area contributed by atoms with Gasteiger partial charge in [0.15, 0.2) is 0 Å². The zero-order valence-electron chi connectivity index (χ0n) is 14.6. The van der Waals surface area contributed by atoms with Gasteiger partial charge >= 0.3 is 0 Å². The van der Waals surface area contributed by atoms with Gasteiger partial charge in [-0.1, -0.05) is 36.7 Å². The topological polar surface area (TPSA) is 46.2 Å². The quantitative estimate of drug-likeness (QED) is 0.781. The first kappa shape index (κ1) is 17.0. The fraction of sp³-hybridized carbons (Fsp3) is 0.684. The fourth-order valence-corrected chi connectivity index (χ4v) is 7.79. The second-order valence-corrected chi connectivity index (χ2v) is 11.1. The number of hydrogen-bond acceptors (Lipinski definition) is 2. The number of hydrogen-bond donors (Lipinski definition) is 1. The van der Waals surface area contributed by atoms with E-state index in [1.807, 2.05) is 19.1 Å². The first-order chi connectivity index (χ1) is 11.2. The summed E-state index contributed by atoms with van der Waals surface area (Å²) in [6, 6.07) is 5.43. The van der Waals surface area contributed by atoms with E-state index in [-0.39, 0.29) is 0 Å². The summed E-state index contributed by atoms with van der Waals surface area (Å²) in [4.78, 5) is 0.429. The van der Waals surface area contributed by atoms with Crippen LogP contribution >= 0.6 is 15.9 Å². The molecule has 0 heterocycles. The summed E-state index contributed by atoms with van der Waals surface area (Å²) in [6.45, 7) is 7.35. The molecule has 0 bridgehead atoms. The average Bonchev–Trinajstić information content (AvgIpc) is 3.37. The Labute approximate surface area is 153 Å². The molecule has 4 rings (SSSR count). The van der Waals surface area contributed by atoms with Crippen LogP contribution in [0.1, 0.15) is 45.6 Å². The number of benzene rings is 1. The summed E-state index contributed by atoms with van der Waals surface area (Å²) in [5.41, 5.74) is 1.84. The van der Waals surface area contributed by atoms with Crippen molar-refractivity contribution in [3.05, 3.63) is 28.2 Å². The molecule has 0 saturated heterocycles. The highest BCUT2D eigenvalue weighted by Gasteiger charge is 2.84. The van der Waals surface area contributed by atoms with E-state index in [9.17, 15) is 8.42 Å². The normalized spacial score (nSPS) is 35.9. The average molecular weight is 412 g/mol. The lowest BCUT2D eigenvalue weighted by Crippen LogP contribution is -2.32. The van der Waals surface area contributed by atoms with Gasteiger partial charge in [0.1, 0.15) is 0 Å². The van der Waals surface area contributed by atoms with Crippen molar-refractivity contribution in [1.29, 1.82) is 0 Å². The molecule has 0 radical (unpaired) electrons. The van der Waals surface area contributed by atoms with Gasteiger partial charge in [0.2, 0.25) is 10.0 Å². The van der Waals surface area contributed by atoms with Gasteiger partial charge in [0.25, 0.3) is 0 Å². The molecule has 0 aromatic heterocycles. The van der Waals surface area contributed by atoms with E-state index >= 15 is 0 Å². The van der Waals surface area contributed by atoms with Crippen molar-refractivity contribution in [3.8, 4) is 0 Å². The molecule has 4 atom stereocenters. The maximum absolute atomic E-state index is 12.8. The standard InChI is InChI=1S/C19H26BrNO2S/c1-4-12-9-15(20)7-8-16(12)24(22,23)21-11-13-5-6-14-10-19(14)17(13)18(19,2)3/h7-9,13-14,17,21H,4-6,10-11H2,1-3H3. The summed E-state index contributed by atoms with van der Waals surface area (Å²) in [7, 11) is -3.44. The molecule has 0 amide bonds. The number of rotatable bonds is 5. The third-order valence-electron chi connectivity index (χ3n) is 7.19. The molecule has 1 aromatic carbocycles. The number of nitrogens with one attached hydrogen (secondary N) is 1. The molecule has 24 heavy (non-hydrogen) atoms. The van der Waals surface area contributed by atoms with Crippen molar-refractivity contribution in [2.45, 2.75) is 51.3 Å². The number of aryl methyl sites for hydroxylation is 1. The van der Waals surface area contributed by atoms with Crippen LogP contribution in [-0.2, 0) is 16.4 Å². The molecule has 4 unspecified atom stereocenters. The van der Waals surface area contributed by atoms with Crippen molar-refractivity contribution >= 4 is 26.0 Å². The monoisotopic (exact) mass is 411 g/mol. The summed E-state index contributed by atoms with van der Waals surface area (Å²) < 4.78 is 29.5. The number of sulfonamides is 1. The lowest BCUT2D eigenvalue weighted by atomic mass is 9.89. The van der Waals surface area contributed by atoms with E-state index < -0.39 is 10.0 Å². The fourth-order valence-electron chi connectivity index (χ4n) is 6.00. The van der Waals surface area contributed by atoms with Crippen molar-refractivity contribution in [3.63, 3.8) is 0 Å². The van der Waals surface area contributed by atoms with Crippen LogP contribution in [0.15, 0.2) is 27.6 Å². The smallest absolute Gasteiger partial charge is 0.211 e. The summed E-state index contributed by atoms with van der Waals surface area (Å²) in [5, 5.41) is 0. The Kier molecular flexibility index (Phi) is 3.77. The predicted octanol–water partition coefficient (Wildman–Crippen LogP) is 4.36. The highest BCUT2D eigenvalue weighted by molar-refractivity contribution is 9.10. The summed E-state index contributed by atoms with van der Waals surface area (Å²) >= 11 is 3.43. The molecule has 1 aromatic rings. The zero-order valence-corrected chi connectivity index (χ0v) is 17.0. The highest BCUT2D eigenvalue weighted by Crippen LogP contribution is 2.89. The molecule has 132 valence electrons. The maximum atomic E-state index is 12.8. The van der Waals surface area contributed by atoms with Gasteiger partial charge < -0.3 is 0 Å². The lowest BCUT2D eigenvalue weighted by molar-refractivity contribution is 0.322. The van der Waals surface area contributed by atoms with Crippen LogP contribution in [0.3, 0.4) is 0 Å². The molecule has 3 aliphatic rings. The molecule has 1 N–H and O–H groups in total. The van der Waals surface area contributed by atoms with Gasteiger partial charge in [-0.15, -0.1) is 0 Å². The van der Waals surface area contributed by atoms with Crippen LogP contribution in [0, 0.1) is 28.6 Å². The van der Waals surface area contributed by atoms with Gasteiger partial charge in [-0.2, -0.15) is 0 Å². The largest absolute Gasteiger partial charge is 0.240 e. The van der Waals surface area contributed by atoms with Crippen LogP contribution in [0.2, 0.25) is 0 Å². The first-order valence-electron chi connectivity index (χ1n) is 9.02. The van der Waals surface area contributed by atoms with Crippen molar-refractivity contribution in [2.75, 3.05) is 6.54 Å². The maximum Gasteiger partial charge on any atom is 0.240 e. The van der Waals surface area contributed by atoms with Crippen molar-refractivity contribution < 1.29 is 8.42 Å². The SMILES string of the molecule is CCc1cc(Br)ccc1S(=O)(=O)NCC1CCC2CC23C1C3(C)C. The van der Waals surface area contributed by atoms with E-state index in [2.05, 4.69) is 34.5 Å². The van der Waals surface area contributed by atoms with Gasteiger partial charge in [-0.3, -0.25) is 0 Å². The third kappa shape index (κ3) is 2.27. The molecule has 3 nitrogen and oxygen atoms in total. The molecule has 5 heteroatoms. The van der Waals surface area contributed by atoms with E-state index in [1.165, 1.54) is 19.3 Å². The zero-order chi connectivity index (χ0) is 17.3. The van der Waals surface area contributed by atoms with E-state index in [0.717, 1.165) is 16.0 Å². The van der Waals surface area contributed by atoms with Crippen molar-refractivity contribution in [1.82, 2.24) is 4.72 Å². The summed E-state index contributed by atoms with van der Waals surface area (Å²) in [6.07, 6.45) is 4.54. The molecule has 3 saturated carbocycles. The minimum absolute atomic E-state index is 0.413. The lowest BCUT2D eigenvalue weighted by Gasteiger charge is -2.22. The van der Waals surface area contributed by atoms with Crippen LogP contribution in [0.5, 0.6) is 0 Å². The minimum Gasteiger partial charge on any atom is -0.211 e. The molecule has 3 fully saturated rings.